The molecule has 0 saturated heterocycles. The Bertz CT molecular complexity index is 143. The summed E-state index contributed by atoms with van der Waals surface area (Å²) in [5.41, 5.74) is 0. The van der Waals surface area contributed by atoms with Crippen LogP contribution in [0.4, 0.5) is 0 Å². The van der Waals surface area contributed by atoms with Crippen molar-refractivity contribution in [2.75, 3.05) is 6.61 Å². The van der Waals surface area contributed by atoms with Crippen molar-refractivity contribution in [3.8, 4) is 0 Å². The second kappa shape index (κ2) is 7.84. The van der Waals surface area contributed by atoms with Crippen molar-refractivity contribution in [2.45, 2.75) is 24.4 Å². The van der Waals surface area contributed by atoms with Crippen LogP contribution in [0.2, 0.25) is 0 Å². The van der Waals surface area contributed by atoms with E-state index in [2.05, 4.69) is 0 Å². The molecule has 0 aliphatic heterocycles. The van der Waals surface area contributed by atoms with Crippen molar-refractivity contribution < 1.29 is 30.3 Å². The van der Waals surface area contributed by atoms with Crippen LogP contribution in [0, 0.1) is 0 Å². The minimum atomic E-state index is -1.79. The van der Waals surface area contributed by atoms with E-state index in [4.69, 9.17) is 25.5 Å². The van der Waals surface area contributed by atoms with E-state index in [1.807, 2.05) is 0 Å². The Morgan fingerprint density at radius 2 is 1.54 bits per heavy atom. The van der Waals surface area contributed by atoms with Crippen LogP contribution in [0.5, 0.6) is 0 Å². The van der Waals surface area contributed by atoms with E-state index in [-0.39, 0.29) is 35.8 Å². The van der Waals surface area contributed by atoms with Crippen LogP contribution in [-0.4, -0.2) is 92.4 Å². The van der Waals surface area contributed by atoms with Gasteiger partial charge in [0, 0.05) is 29.6 Å². The predicted octanol–water partition coefficient (Wildman–Crippen LogP) is -3.76. The van der Waals surface area contributed by atoms with Gasteiger partial charge in [0.05, 0.1) is 6.61 Å². The summed E-state index contributed by atoms with van der Waals surface area (Å²) in [6.45, 7) is -0.760. The van der Waals surface area contributed by atoms with Crippen LogP contribution in [0.1, 0.15) is 0 Å². The monoisotopic (exact) mass is 203 g/mol. The Balaban J connectivity index is 0. The Morgan fingerprint density at radius 1 is 1.08 bits per heavy atom. The van der Waals surface area contributed by atoms with Gasteiger partial charge < -0.3 is 30.3 Å². The maximum atomic E-state index is 9.90. The fraction of sp³-hybridized carbons (Fsp3) is 0.833. The first-order valence-electron chi connectivity index (χ1n) is 3.33. The first-order chi connectivity index (χ1) is 5.54. The topological polar surface area (TPSA) is 118 Å². The van der Waals surface area contributed by atoms with Gasteiger partial charge in [-0.15, -0.1) is 0 Å². The van der Waals surface area contributed by atoms with Crippen LogP contribution >= 0.6 is 0 Å². The zero-order valence-electron chi connectivity index (χ0n) is 7.24. The quantitative estimate of drug-likeness (QED) is 0.231. The van der Waals surface area contributed by atoms with Crippen molar-refractivity contribution in [1.29, 1.82) is 0 Å². The Kier molecular flexibility index (Phi) is 9.60. The number of carbonyl (C=O) groups excluding carboxylic acids is 1. The molecule has 6 nitrogen and oxygen atoms in total. The van der Waals surface area contributed by atoms with Gasteiger partial charge >= 0.3 is 0 Å². The smallest absolute Gasteiger partial charge is 0.151 e. The third-order valence-corrected chi connectivity index (χ3v) is 1.42. The summed E-state index contributed by atoms with van der Waals surface area (Å²) in [5, 5.41) is 43.5. The van der Waals surface area contributed by atoms with E-state index in [0.29, 0.717) is 0 Å². The SMILES string of the molecule is O=C[C@H](O)[C@@H](O)[C@@H](O)[C@H](O)CO.[Na]. The molecule has 0 aromatic heterocycles. The number of carbonyl (C=O) groups is 1. The second-order valence-corrected chi connectivity index (χ2v) is 2.36. The average molecular weight is 203 g/mol. The molecule has 0 rings (SSSR count). The van der Waals surface area contributed by atoms with E-state index >= 15 is 0 Å². The van der Waals surface area contributed by atoms with Gasteiger partial charge in [-0.25, -0.2) is 0 Å². The normalized spacial score (nSPS) is 19.5. The summed E-state index contributed by atoms with van der Waals surface area (Å²) in [6, 6.07) is 0. The van der Waals surface area contributed by atoms with Gasteiger partial charge in [-0.1, -0.05) is 0 Å². The van der Waals surface area contributed by atoms with Crippen LogP contribution in [0.25, 0.3) is 0 Å². The summed E-state index contributed by atoms with van der Waals surface area (Å²) in [7, 11) is 0. The molecule has 73 valence electrons. The molecule has 0 aromatic carbocycles. The number of aldehydes is 1. The van der Waals surface area contributed by atoms with E-state index in [9.17, 15) is 4.79 Å². The molecule has 0 unspecified atom stereocenters. The molecule has 4 atom stereocenters. The van der Waals surface area contributed by atoms with Crippen molar-refractivity contribution in [1.82, 2.24) is 0 Å². The van der Waals surface area contributed by atoms with Gasteiger partial charge in [0.2, 0.25) is 0 Å². The molecule has 0 aliphatic carbocycles. The molecule has 0 aromatic rings. The molecule has 0 saturated carbocycles. The summed E-state index contributed by atoms with van der Waals surface area (Å²) in [4.78, 5) is 9.90. The number of rotatable bonds is 5. The predicted molar refractivity (Wildman–Crippen MR) is 42.9 cm³/mol. The summed E-state index contributed by atoms with van der Waals surface area (Å²) >= 11 is 0. The van der Waals surface area contributed by atoms with E-state index in [0.717, 1.165) is 0 Å². The Morgan fingerprint density at radius 3 is 1.85 bits per heavy atom. The van der Waals surface area contributed by atoms with Gasteiger partial charge in [0.25, 0.3) is 0 Å². The largest absolute Gasteiger partial charge is 0.394 e. The van der Waals surface area contributed by atoms with Gasteiger partial charge in [-0.3, -0.25) is 0 Å². The zero-order valence-corrected chi connectivity index (χ0v) is 9.24. The van der Waals surface area contributed by atoms with Gasteiger partial charge in [-0.05, 0) is 0 Å². The van der Waals surface area contributed by atoms with E-state index in [1.165, 1.54) is 0 Å². The number of hydrogen-bond acceptors (Lipinski definition) is 6. The maximum absolute atomic E-state index is 9.90. The summed E-state index contributed by atoms with van der Waals surface area (Å²) in [6.07, 6.45) is -6.84. The summed E-state index contributed by atoms with van der Waals surface area (Å²) < 4.78 is 0. The number of aliphatic hydroxyl groups is 5. The molecule has 0 fully saturated rings. The minimum Gasteiger partial charge on any atom is -0.394 e. The minimum absolute atomic E-state index is 0. The molecular weight excluding hydrogens is 191 g/mol. The van der Waals surface area contributed by atoms with Gasteiger partial charge in [-0.2, -0.15) is 0 Å². The summed E-state index contributed by atoms with van der Waals surface area (Å²) in [5.74, 6) is 0. The standard InChI is InChI=1S/C6H12O6.Na/c7-1-3(9)5(11)6(12)4(10)2-8;/h1,3-6,8-12H,2H2;/t3-,4+,5+,6-;/m0./s1. The number of aliphatic hydroxyl groups excluding tert-OH is 5. The fourth-order valence-corrected chi connectivity index (χ4v) is 0.618. The Labute approximate surface area is 97.1 Å². The maximum Gasteiger partial charge on any atom is 0.151 e. The van der Waals surface area contributed by atoms with Crippen LogP contribution < -0.4 is 0 Å². The first-order valence-corrected chi connectivity index (χ1v) is 3.33. The van der Waals surface area contributed by atoms with Crippen molar-refractivity contribution in [2.24, 2.45) is 0 Å². The molecule has 13 heavy (non-hydrogen) atoms. The van der Waals surface area contributed by atoms with Crippen molar-refractivity contribution >= 4 is 35.8 Å². The van der Waals surface area contributed by atoms with E-state index in [1.54, 1.807) is 0 Å². The van der Waals surface area contributed by atoms with Crippen molar-refractivity contribution in [3.05, 3.63) is 0 Å². The van der Waals surface area contributed by atoms with E-state index < -0.39 is 31.0 Å². The average Bonchev–Trinajstić information content (AvgIpc) is 2.12. The molecule has 0 heterocycles. The zero-order chi connectivity index (χ0) is 9.72. The van der Waals surface area contributed by atoms with Gasteiger partial charge in [0.1, 0.15) is 24.4 Å². The van der Waals surface area contributed by atoms with Crippen LogP contribution in [0.3, 0.4) is 0 Å². The van der Waals surface area contributed by atoms with Gasteiger partial charge in [0.15, 0.2) is 6.29 Å². The molecule has 5 N–H and O–H groups in total. The molecule has 1 radical (unpaired) electrons. The second-order valence-electron chi connectivity index (χ2n) is 2.36. The van der Waals surface area contributed by atoms with Crippen LogP contribution in [-0.2, 0) is 4.79 Å². The third kappa shape index (κ3) is 5.04. The fourth-order valence-electron chi connectivity index (χ4n) is 0.618. The third-order valence-electron chi connectivity index (χ3n) is 1.42. The molecular formula is C6H12NaO6. The van der Waals surface area contributed by atoms with Crippen molar-refractivity contribution in [3.63, 3.8) is 0 Å². The molecule has 7 heteroatoms. The number of hydrogen-bond donors (Lipinski definition) is 5. The molecule has 0 aliphatic rings. The Hall–Kier alpha value is 0.470. The van der Waals surface area contributed by atoms with Crippen LogP contribution in [0.15, 0.2) is 0 Å². The first kappa shape index (κ1) is 15.9. The molecule has 0 bridgehead atoms. The molecule has 0 amide bonds. The molecule has 0 spiro atoms.